The minimum Gasteiger partial charge on any atom is -0.354 e. The molecule has 4 aromatic rings. The van der Waals surface area contributed by atoms with Crippen molar-refractivity contribution in [3.05, 3.63) is 130 Å². The second-order valence-electron chi connectivity index (χ2n) is 10.3. The number of nitrogens with one attached hydrogen (secondary N) is 1. The quantitative estimate of drug-likeness (QED) is 0.146. The van der Waals surface area contributed by atoms with Crippen LogP contribution in [-0.2, 0) is 32.6 Å². The molecule has 0 aliphatic heterocycles. The molecule has 0 aliphatic carbocycles. The molecule has 2 amide bonds. The number of sulfonamides is 1. The van der Waals surface area contributed by atoms with Crippen LogP contribution in [0.1, 0.15) is 30.9 Å². The summed E-state index contributed by atoms with van der Waals surface area (Å²) in [5, 5.41) is 3.53. The van der Waals surface area contributed by atoms with Gasteiger partial charge >= 0.3 is 0 Å². The van der Waals surface area contributed by atoms with Crippen molar-refractivity contribution >= 4 is 55.1 Å². The Bertz CT molecular complexity index is 1640. The van der Waals surface area contributed by atoms with Crippen molar-refractivity contribution < 1.29 is 18.0 Å². The first-order valence-electron chi connectivity index (χ1n) is 14.4. The molecule has 0 bridgehead atoms. The second-order valence-corrected chi connectivity index (χ2v) is 13.5. The van der Waals surface area contributed by atoms with Gasteiger partial charge in [-0.3, -0.25) is 13.9 Å². The van der Waals surface area contributed by atoms with Gasteiger partial charge in [0.1, 0.15) is 12.6 Å². The minimum atomic E-state index is -4.15. The summed E-state index contributed by atoms with van der Waals surface area (Å²) in [6.45, 7) is 2.06. The maximum absolute atomic E-state index is 14.4. The van der Waals surface area contributed by atoms with Crippen molar-refractivity contribution in [1.82, 2.24) is 10.2 Å². The normalized spacial score (nSPS) is 11.9. The first-order chi connectivity index (χ1) is 21.2. The van der Waals surface area contributed by atoms with Crippen LogP contribution in [0.25, 0.3) is 0 Å². The zero-order chi connectivity index (χ0) is 31.5. The fourth-order valence-electron chi connectivity index (χ4n) is 4.73. The second kappa shape index (κ2) is 15.9. The minimum absolute atomic E-state index is 0.0511. The van der Waals surface area contributed by atoms with Gasteiger partial charge in [-0.1, -0.05) is 108 Å². The highest BCUT2D eigenvalue weighted by Crippen LogP contribution is 2.27. The molecule has 0 fully saturated rings. The molecule has 230 valence electrons. The van der Waals surface area contributed by atoms with Crippen molar-refractivity contribution in [2.75, 3.05) is 17.4 Å². The summed E-state index contributed by atoms with van der Waals surface area (Å²) in [5.41, 5.74) is 1.94. The lowest BCUT2D eigenvalue weighted by atomic mass is 10.0. The average molecular weight is 697 g/mol. The van der Waals surface area contributed by atoms with Crippen molar-refractivity contribution in [2.24, 2.45) is 0 Å². The van der Waals surface area contributed by atoms with Crippen molar-refractivity contribution in [3.63, 3.8) is 0 Å². The van der Waals surface area contributed by atoms with Crippen molar-refractivity contribution in [2.45, 2.75) is 43.7 Å². The third kappa shape index (κ3) is 8.94. The number of hydrogen-bond acceptors (Lipinski definition) is 4. The maximum atomic E-state index is 14.4. The van der Waals surface area contributed by atoms with Crippen molar-refractivity contribution in [3.8, 4) is 0 Å². The fourth-order valence-corrected chi connectivity index (χ4v) is 6.67. The smallest absolute Gasteiger partial charge is 0.264 e. The molecule has 44 heavy (non-hydrogen) atoms. The van der Waals surface area contributed by atoms with Gasteiger partial charge < -0.3 is 10.2 Å². The Hall–Kier alpha value is -3.66. The van der Waals surface area contributed by atoms with Crippen molar-refractivity contribution in [1.29, 1.82) is 0 Å². The number of unbranched alkanes of at least 4 members (excludes halogenated alkanes) is 1. The number of carbonyl (C=O) groups is 2. The molecule has 4 aromatic carbocycles. The fraction of sp³-hybridized carbons (Fsp3) is 0.235. The molecule has 0 aromatic heterocycles. The van der Waals surface area contributed by atoms with Crippen LogP contribution in [-0.4, -0.2) is 44.3 Å². The molecule has 1 N–H and O–H groups in total. The first kappa shape index (κ1) is 33.2. The number of amides is 2. The molecule has 4 rings (SSSR count). The molecule has 7 nitrogen and oxygen atoms in total. The average Bonchev–Trinajstić information content (AvgIpc) is 3.03. The Morgan fingerprint density at radius 3 is 2.16 bits per heavy atom. The van der Waals surface area contributed by atoms with Crippen LogP contribution >= 0.6 is 27.5 Å². The van der Waals surface area contributed by atoms with Gasteiger partial charge in [-0.25, -0.2) is 8.42 Å². The molecule has 0 unspecified atom stereocenters. The van der Waals surface area contributed by atoms with E-state index in [9.17, 15) is 18.0 Å². The van der Waals surface area contributed by atoms with Crippen LogP contribution < -0.4 is 9.62 Å². The number of rotatable bonds is 14. The third-order valence-electron chi connectivity index (χ3n) is 7.07. The molecule has 0 saturated carbocycles. The lowest BCUT2D eigenvalue weighted by Gasteiger charge is -2.34. The number of halogens is 2. The Morgan fingerprint density at radius 2 is 1.52 bits per heavy atom. The summed E-state index contributed by atoms with van der Waals surface area (Å²) >= 11 is 9.57. The molecule has 10 heteroatoms. The molecule has 0 saturated heterocycles. The lowest BCUT2D eigenvalue weighted by Crippen LogP contribution is -2.53. The number of anilines is 1. The maximum Gasteiger partial charge on any atom is 0.264 e. The summed E-state index contributed by atoms with van der Waals surface area (Å²) in [5.74, 6) is -0.824. The van der Waals surface area contributed by atoms with E-state index in [1.807, 2.05) is 37.3 Å². The third-order valence-corrected chi connectivity index (χ3v) is 9.61. The highest BCUT2D eigenvalue weighted by Gasteiger charge is 2.34. The van der Waals surface area contributed by atoms with E-state index < -0.39 is 28.5 Å². The Morgan fingerprint density at radius 1 is 0.864 bits per heavy atom. The van der Waals surface area contributed by atoms with Gasteiger partial charge in [-0.15, -0.1) is 0 Å². The van der Waals surface area contributed by atoms with E-state index in [4.69, 9.17) is 11.6 Å². The molecular weight excluding hydrogens is 662 g/mol. The van der Waals surface area contributed by atoms with Crippen LogP contribution in [0.5, 0.6) is 0 Å². The number of nitrogens with zero attached hydrogens (tertiary/aromatic N) is 2. The monoisotopic (exact) mass is 695 g/mol. The van der Waals surface area contributed by atoms with E-state index in [-0.39, 0.29) is 23.8 Å². The topological polar surface area (TPSA) is 86.8 Å². The molecule has 0 aliphatic rings. The van der Waals surface area contributed by atoms with E-state index in [1.165, 1.54) is 17.0 Å². The highest BCUT2D eigenvalue weighted by molar-refractivity contribution is 9.10. The van der Waals surface area contributed by atoms with Gasteiger partial charge in [0.2, 0.25) is 11.8 Å². The Labute approximate surface area is 273 Å². The number of benzene rings is 4. The summed E-state index contributed by atoms with van der Waals surface area (Å²) in [6, 6.07) is 30.4. The largest absolute Gasteiger partial charge is 0.354 e. The van der Waals surface area contributed by atoms with Gasteiger partial charge in [-0.05, 0) is 60.0 Å². The van der Waals surface area contributed by atoms with Crippen LogP contribution in [0.4, 0.5) is 5.69 Å². The Balaban J connectivity index is 1.78. The summed E-state index contributed by atoms with van der Waals surface area (Å²) in [7, 11) is -4.15. The summed E-state index contributed by atoms with van der Waals surface area (Å²) in [6.07, 6.45) is 1.94. The Kier molecular flexibility index (Phi) is 12.0. The SMILES string of the molecule is CCCCNC(=O)[C@H](Cc1ccccc1)N(Cc1ccc(Cl)cc1)C(=O)CN(c1cccc(Br)c1)S(=O)(=O)c1ccccc1. The molecular formula is C34H35BrClN3O4S. The molecule has 0 radical (unpaired) electrons. The zero-order valence-electron chi connectivity index (χ0n) is 24.4. The molecule has 1 atom stereocenters. The number of hydrogen-bond donors (Lipinski definition) is 1. The number of carbonyl (C=O) groups excluding carboxylic acids is 2. The van der Waals surface area contributed by atoms with Crippen LogP contribution in [0.15, 0.2) is 119 Å². The predicted molar refractivity (Wildman–Crippen MR) is 179 cm³/mol. The van der Waals surface area contributed by atoms with E-state index >= 15 is 0 Å². The summed E-state index contributed by atoms with van der Waals surface area (Å²) in [4.78, 5) is 29.7. The van der Waals surface area contributed by atoms with Gasteiger partial charge in [0, 0.05) is 29.0 Å². The molecule has 0 heterocycles. The van der Waals surface area contributed by atoms with Gasteiger partial charge in [0.05, 0.1) is 10.6 Å². The van der Waals surface area contributed by atoms with E-state index in [0.29, 0.717) is 21.7 Å². The zero-order valence-corrected chi connectivity index (χ0v) is 27.6. The van der Waals surface area contributed by atoms with Crippen LogP contribution in [0.2, 0.25) is 5.02 Å². The highest BCUT2D eigenvalue weighted by atomic mass is 79.9. The summed E-state index contributed by atoms with van der Waals surface area (Å²) < 4.78 is 29.8. The van der Waals surface area contributed by atoms with Crippen LogP contribution in [0.3, 0.4) is 0 Å². The van der Waals surface area contributed by atoms with Gasteiger partial charge in [0.25, 0.3) is 10.0 Å². The standard InChI is InChI=1S/C34H35BrClN3O4S/c1-2-3-21-37-34(41)32(22-26-11-6-4-7-12-26)38(24-27-17-19-29(36)20-18-27)33(40)25-39(30-14-10-13-28(35)23-30)44(42,43)31-15-8-5-9-16-31/h4-20,23,32H,2-3,21-22,24-25H2,1H3,(H,37,41)/t32-/m0/s1. The van der Waals surface area contributed by atoms with Crippen LogP contribution in [0, 0.1) is 0 Å². The predicted octanol–water partition coefficient (Wildman–Crippen LogP) is 6.85. The van der Waals surface area contributed by atoms with E-state index in [1.54, 1.807) is 66.7 Å². The van der Waals surface area contributed by atoms with E-state index in [2.05, 4.69) is 21.2 Å². The first-order valence-corrected chi connectivity index (χ1v) is 17.0. The molecule has 0 spiro atoms. The van der Waals surface area contributed by atoms with Gasteiger partial charge in [-0.2, -0.15) is 0 Å². The lowest BCUT2D eigenvalue weighted by molar-refractivity contribution is -0.140. The van der Waals surface area contributed by atoms with Gasteiger partial charge in [0.15, 0.2) is 0 Å². The van der Waals surface area contributed by atoms with E-state index in [0.717, 1.165) is 28.3 Å².